The molecule has 0 heterocycles. The second kappa shape index (κ2) is 5.72. The van der Waals surface area contributed by atoms with Crippen LogP contribution >= 0.6 is 27.5 Å². The van der Waals surface area contributed by atoms with Gasteiger partial charge < -0.3 is 5.32 Å². The number of anilines is 1. The predicted octanol–water partition coefficient (Wildman–Crippen LogP) is 5.16. The van der Waals surface area contributed by atoms with E-state index in [1.807, 2.05) is 24.3 Å². The van der Waals surface area contributed by atoms with Crippen molar-refractivity contribution in [1.29, 1.82) is 0 Å². The van der Waals surface area contributed by atoms with Gasteiger partial charge in [-0.05, 0) is 58.2 Å². The molecule has 0 aliphatic rings. The van der Waals surface area contributed by atoms with Gasteiger partial charge in [-0.25, -0.2) is 4.39 Å². The van der Waals surface area contributed by atoms with Crippen molar-refractivity contribution in [2.75, 3.05) is 5.32 Å². The maximum absolute atomic E-state index is 13.4. The minimum atomic E-state index is -0.176. The van der Waals surface area contributed by atoms with Crippen molar-refractivity contribution >= 4 is 33.2 Å². The molecule has 0 spiro atoms. The fourth-order valence-electron chi connectivity index (χ4n) is 1.58. The molecule has 0 unspecified atom stereocenters. The van der Waals surface area contributed by atoms with Gasteiger partial charge in [0.2, 0.25) is 0 Å². The van der Waals surface area contributed by atoms with Gasteiger partial charge in [0.05, 0.1) is 0 Å². The number of hydrogen-bond acceptors (Lipinski definition) is 1. The Hall–Kier alpha value is -1.06. The zero-order chi connectivity index (χ0) is 13.1. The first-order valence-electron chi connectivity index (χ1n) is 5.50. The summed E-state index contributed by atoms with van der Waals surface area (Å²) in [4.78, 5) is 0. The average molecular weight is 329 g/mol. The van der Waals surface area contributed by atoms with Gasteiger partial charge >= 0.3 is 0 Å². The lowest BCUT2D eigenvalue weighted by molar-refractivity contribution is 0.616. The van der Waals surface area contributed by atoms with E-state index in [0.717, 1.165) is 15.7 Å². The molecule has 0 saturated carbocycles. The van der Waals surface area contributed by atoms with Crippen LogP contribution in [0.25, 0.3) is 0 Å². The molecule has 0 fully saturated rings. The molecule has 0 atom stereocenters. The molecule has 94 valence electrons. The van der Waals surface area contributed by atoms with E-state index < -0.39 is 0 Å². The van der Waals surface area contributed by atoms with Gasteiger partial charge in [-0.15, -0.1) is 0 Å². The Morgan fingerprint density at radius 3 is 2.67 bits per heavy atom. The van der Waals surface area contributed by atoms with Gasteiger partial charge in [0.15, 0.2) is 0 Å². The van der Waals surface area contributed by atoms with E-state index >= 15 is 0 Å². The zero-order valence-electron chi connectivity index (χ0n) is 9.81. The molecule has 0 aromatic heterocycles. The number of hydrogen-bond donors (Lipinski definition) is 1. The van der Waals surface area contributed by atoms with E-state index in [1.54, 1.807) is 19.1 Å². The quantitative estimate of drug-likeness (QED) is 0.820. The molecule has 0 radical (unpaired) electrons. The van der Waals surface area contributed by atoms with Gasteiger partial charge in [0.1, 0.15) is 5.82 Å². The summed E-state index contributed by atoms with van der Waals surface area (Å²) >= 11 is 9.29. The first-order chi connectivity index (χ1) is 8.56. The molecule has 2 aromatic rings. The number of rotatable bonds is 3. The van der Waals surface area contributed by atoms with E-state index in [2.05, 4.69) is 21.2 Å². The van der Waals surface area contributed by atoms with Crippen LogP contribution in [-0.2, 0) is 6.54 Å². The highest BCUT2D eigenvalue weighted by atomic mass is 79.9. The molecule has 2 rings (SSSR count). The van der Waals surface area contributed by atoms with Crippen molar-refractivity contribution in [2.24, 2.45) is 0 Å². The van der Waals surface area contributed by atoms with E-state index in [4.69, 9.17) is 11.6 Å². The summed E-state index contributed by atoms with van der Waals surface area (Å²) in [6.07, 6.45) is 0. The summed E-state index contributed by atoms with van der Waals surface area (Å²) in [5, 5.41) is 3.91. The predicted molar refractivity (Wildman–Crippen MR) is 77.6 cm³/mol. The maximum Gasteiger partial charge on any atom is 0.126 e. The van der Waals surface area contributed by atoms with Crippen LogP contribution in [0.5, 0.6) is 0 Å². The van der Waals surface area contributed by atoms with Crippen molar-refractivity contribution in [3.05, 3.63) is 62.8 Å². The Bertz CT molecular complexity index is 572. The largest absolute Gasteiger partial charge is 0.380 e. The van der Waals surface area contributed by atoms with Gasteiger partial charge in [0, 0.05) is 21.7 Å². The molecule has 0 amide bonds. The van der Waals surface area contributed by atoms with Crippen LogP contribution in [0, 0.1) is 12.7 Å². The van der Waals surface area contributed by atoms with Crippen molar-refractivity contribution < 1.29 is 4.39 Å². The lowest BCUT2D eigenvalue weighted by atomic mass is 10.1. The van der Waals surface area contributed by atoms with Crippen LogP contribution in [0.15, 0.2) is 40.9 Å². The summed E-state index contributed by atoms with van der Waals surface area (Å²) < 4.78 is 14.3. The molecule has 0 aliphatic carbocycles. The highest BCUT2D eigenvalue weighted by Gasteiger charge is 2.02. The van der Waals surface area contributed by atoms with E-state index in [0.29, 0.717) is 17.1 Å². The first-order valence-corrected chi connectivity index (χ1v) is 6.67. The first kappa shape index (κ1) is 13.4. The normalized spacial score (nSPS) is 10.4. The van der Waals surface area contributed by atoms with Gasteiger partial charge in [-0.1, -0.05) is 23.7 Å². The van der Waals surface area contributed by atoms with Crippen LogP contribution in [-0.4, -0.2) is 0 Å². The molecule has 0 saturated heterocycles. The van der Waals surface area contributed by atoms with Gasteiger partial charge in [0.25, 0.3) is 0 Å². The second-order valence-electron chi connectivity index (χ2n) is 4.06. The Kier molecular flexibility index (Phi) is 4.25. The highest BCUT2D eigenvalue weighted by Crippen LogP contribution is 2.26. The number of halogens is 3. The summed E-state index contributed by atoms with van der Waals surface area (Å²) in [5.74, 6) is -0.176. The van der Waals surface area contributed by atoms with Crippen LogP contribution in [0.4, 0.5) is 10.1 Å². The lowest BCUT2D eigenvalue weighted by Gasteiger charge is -2.09. The number of benzene rings is 2. The van der Waals surface area contributed by atoms with E-state index in [1.165, 1.54) is 0 Å². The summed E-state index contributed by atoms with van der Waals surface area (Å²) in [6.45, 7) is 2.32. The Morgan fingerprint density at radius 1 is 1.22 bits per heavy atom. The molecule has 1 N–H and O–H groups in total. The third-order valence-electron chi connectivity index (χ3n) is 2.65. The third kappa shape index (κ3) is 3.24. The fraction of sp³-hybridized carbons (Fsp3) is 0.143. The summed E-state index contributed by atoms with van der Waals surface area (Å²) in [7, 11) is 0. The SMILES string of the molecule is Cc1ccc(CNc2ccc(Cl)cc2Br)cc1F. The van der Waals surface area contributed by atoms with E-state index in [-0.39, 0.29) is 5.82 Å². The Morgan fingerprint density at radius 2 is 2.00 bits per heavy atom. The summed E-state index contributed by atoms with van der Waals surface area (Å²) in [5.41, 5.74) is 2.49. The molecule has 18 heavy (non-hydrogen) atoms. The van der Waals surface area contributed by atoms with Crippen LogP contribution < -0.4 is 5.32 Å². The molecule has 2 aromatic carbocycles. The molecule has 0 bridgehead atoms. The molecule has 0 aliphatic heterocycles. The smallest absolute Gasteiger partial charge is 0.126 e. The second-order valence-corrected chi connectivity index (χ2v) is 5.35. The van der Waals surface area contributed by atoms with Gasteiger partial charge in [-0.2, -0.15) is 0 Å². The monoisotopic (exact) mass is 327 g/mol. The molecular weight excluding hydrogens is 317 g/mol. The fourth-order valence-corrected chi connectivity index (χ4v) is 2.40. The number of nitrogens with one attached hydrogen (secondary N) is 1. The Balaban J connectivity index is 2.09. The minimum absolute atomic E-state index is 0.176. The van der Waals surface area contributed by atoms with Crippen LogP contribution in [0.2, 0.25) is 5.02 Å². The molecular formula is C14H12BrClFN. The zero-order valence-corrected chi connectivity index (χ0v) is 12.1. The van der Waals surface area contributed by atoms with Gasteiger partial charge in [-0.3, -0.25) is 0 Å². The summed E-state index contributed by atoms with van der Waals surface area (Å²) in [6, 6.07) is 10.8. The molecule has 1 nitrogen and oxygen atoms in total. The van der Waals surface area contributed by atoms with Crippen molar-refractivity contribution in [2.45, 2.75) is 13.5 Å². The standard InChI is InChI=1S/C14H12BrClFN/c1-9-2-3-10(6-13(9)17)8-18-14-5-4-11(16)7-12(14)15/h2-7,18H,8H2,1H3. The molecule has 4 heteroatoms. The minimum Gasteiger partial charge on any atom is -0.380 e. The number of aryl methyl sites for hydroxylation is 1. The third-order valence-corrected chi connectivity index (χ3v) is 3.54. The van der Waals surface area contributed by atoms with Crippen molar-refractivity contribution in [3.8, 4) is 0 Å². The van der Waals surface area contributed by atoms with Crippen LogP contribution in [0.3, 0.4) is 0 Å². The van der Waals surface area contributed by atoms with Crippen molar-refractivity contribution in [1.82, 2.24) is 0 Å². The average Bonchev–Trinajstić information content (AvgIpc) is 2.32. The van der Waals surface area contributed by atoms with Crippen LogP contribution in [0.1, 0.15) is 11.1 Å². The Labute approximate surface area is 119 Å². The maximum atomic E-state index is 13.4. The van der Waals surface area contributed by atoms with Crippen molar-refractivity contribution in [3.63, 3.8) is 0 Å². The topological polar surface area (TPSA) is 12.0 Å². The lowest BCUT2D eigenvalue weighted by Crippen LogP contribution is -2.00. The highest BCUT2D eigenvalue weighted by molar-refractivity contribution is 9.10. The van der Waals surface area contributed by atoms with E-state index in [9.17, 15) is 4.39 Å².